The SMILES string of the molecule is CC[C@@H](C)NC(=O)[C@@H](CC)N(Cc1ccc(Cl)cc1Cl)C(=O)CN(c1cccc(OC)c1)S(C)(=O)=O. The van der Waals surface area contributed by atoms with E-state index in [1.807, 2.05) is 13.8 Å². The molecule has 0 bridgehead atoms. The molecular formula is C25H33Cl2N3O5S. The van der Waals surface area contributed by atoms with E-state index in [4.69, 9.17) is 27.9 Å². The van der Waals surface area contributed by atoms with E-state index < -0.39 is 28.5 Å². The number of anilines is 1. The monoisotopic (exact) mass is 557 g/mol. The maximum atomic E-state index is 13.7. The first kappa shape index (κ1) is 29.7. The molecule has 2 rings (SSSR count). The lowest BCUT2D eigenvalue weighted by molar-refractivity contribution is -0.140. The first-order valence-corrected chi connectivity index (χ1v) is 14.2. The van der Waals surface area contributed by atoms with Gasteiger partial charge in [0.15, 0.2) is 0 Å². The lowest BCUT2D eigenvalue weighted by Gasteiger charge is -2.33. The first-order chi connectivity index (χ1) is 16.9. The zero-order valence-corrected chi connectivity index (χ0v) is 23.5. The maximum absolute atomic E-state index is 13.7. The van der Waals surface area contributed by atoms with Crippen LogP contribution >= 0.6 is 23.2 Å². The van der Waals surface area contributed by atoms with Crippen LogP contribution in [-0.4, -0.2) is 57.1 Å². The number of sulfonamides is 1. The van der Waals surface area contributed by atoms with Crippen molar-refractivity contribution in [1.82, 2.24) is 10.2 Å². The summed E-state index contributed by atoms with van der Waals surface area (Å²) in [5.41, 5.74) is 0.850. The van der Waals surface area contributed by atoms with Crippen LogP contribution in [0.25, 0.3) is 0 Å². The second kappa shape index (κ2) is 13.2. The van der Waals surface area contributed by atoms with Crippen molar-refractivity contribution in [3.8, 4) is 5.75 Å². The predicted molar refractivity (Wildman–Crippen MR) is 144 cm³/mol. The van der Waals surface area contributed by atoms with Gasteiger partial charge in [0.2, 0.25) is 21.8 Å². The molecule has 0 aliphatic rings. The molecule has 0 aliphatic heterocycles. The number of methoxy groups -OCH3 is 1. The third kappa shape index (κ3) is 8.01. The first-order valence-electron chi connectivity index (χ1n) is 11.6. The summed E-state index contributed by atoms with van der Waals surface area (Å²) in [5, 5.41) is 3.69. The van der Waals surface area contributed by atoms with Crippen LogP contribution in [0.5, 0.6) is 5.75 Å². The Labute approximate surface area is 223 Å². The molecule has 8 nitrogen and oxygen atoms in total. The second-order valence-electron chi connectivity index (χ2n) is 8.47. The van der Waals surface area contributed by atoms with E-state index in [2.05, 4.69) is 5.32 Å². The lowest BCUT2D eigenvalue weighted by Crippen LogP contribution is -2.53. The third-order valence-corrected chi connectivity index (χ3v) is 7.49. The molecule has 0 aromatic heterocycles. The topological polar surface area (TPSA) is 96.0 Å². The minimum Gasteiger partial charge on any atom is -0.497 e. The summed E-state index contributed by atoms with van der Waals surface area (Å²) in [7, 11) is -2.38. The van der Waals surface area contributed by atoms with Crippen LogP contribution < -0.4 is 14.4 Å². The van der Waals surface area contributed by atoms with Gasteiger partial charge in [0.1, 0.15) is 18.3 Å². The fraction of sp³-hybridized carbons (Fsp3) is 0.440. The van der Waals surface area contributed by atoms with Crippen molar-refractivity contribution in [2.45, 2.75) is 52.2 Å². The molecule has 2 aromatic carbocycles. The average molecular weight is 559 g/mol. The molecule has 0 fully saturated rings. The molecule has 0 aliphatic carbocycles. The normalized spacial score (nSPS) is 13.0. The fourth-order valence-corrected chi connectivity index (χ4v) is 4.88. The van der Waals surface area contributed by atoms with Gasteiger partial charge in [0.05, 0.1) is 19.1 Å². The molecule has 0 saturated carbocycles. The van der Waals surface area contributed by atoms with Gasteiger partial charge in [0.25, 0.3) is 0 Å². The molecule has 0 saturated heterocycles. The number of hydrogen-bond donors (Lipinski definition) is 1. The van der Waals surface area contributed by atoms with Gasteiger partial charge in [-0.2, -0.15) is 0 Å². The molecule has 2 aromatic rings. The number of halogens is 2. The predicted octanol–water partition coefficient (Wildman–Crippen LogP) is 4.49. The van der Waals surface area contributed by atoms with Crippen molar-refractivity contribution in [3.05, 3.63) is 58.1 Å². The largest absolute Gasteiger partial charge is 0.497 e. The number of ether oxygens (including phenoxy) is 1. The molecule has 198 valence electrons. The minimum absolute atomic E-state index is 0.00300. The summed E-state index contributed by atoms with van der Waals surface area (Å²) in [6, 6.07) is 10.4. The zero-order chi connectivity index (χ0) is 27.0. The second-order valence-corrected chi connectivity index (χ2v) is 11.2. The standard InChI is InChI=1S/C25H33Cl2N3O5S/c1-6-17(3)28-25(32)23(7-2)29(15-18-11-12-19(26)13-22(18)27)24(31)16-30(36(5,33)34)20-9-8-10-21(14-20)35-4/h8-14,17,23H,6-7,15-16H2,1-5H3,(H,28,32)/t17-,23-/m1/s1. The molecule has 11 heteroatoms. The van der Waals surface area contributed by atoms with Crippen molar-refractivity contribution in [2.24, 2.45) is 0 Å². The number of nitrogens with one attached hydrogen (secondary N) is 1. The van der Waals surface area contributed by atoms with Gasteiger partial charge in [-0.15, -0.1) is 0 Å². The summed E-state index contributed by atoms with van der Waals surface area (Å²) in [5.74, 6) is -0.434. The fourth-order valence-electron chi connectivity index (χ4n) is 3.57. The summed E-state index contributed by atoms with van der Waals surface area (Å²) < 4.78 is 31.6. The van der Waals surface area contributed by atoms with E-state index in [1.54, 1.807) is 43.3 Å². The number of amides is 2. The summed E-state index contributed by atoms with van der Waals surface area (Å²) in [6.07, 6.45) is 2.06. The quantitative estimate of drug-likeness (QED) is 0.414. The van der Waals surface area contributed by atoms with Crippen molar-refractivity contribution in [2.75, 3.05) is 24.2 Å². The van der Waals surface area contributed by atoms with Gasteiger partial charge >= 0.3 is 0 Å². The van der Waals surface area contributed by atoms with E-state index in [9.17, 15) is 18.0 Å². The van der Waals surface area contributed by atoms with E-state index >= 15 is 0 Å². The molecule has 2 amide bonds. The molecule has 0 unspecified atom stereocenters. The number of nitrogens with zero attached hydrogens (tertiary/aromatic N) is 2. The Morgan fingerprint density at radius 1 is 1.08 bits per heavy atom. The summed E-state index contributed by atoms with van der Waals surface area (Å²) >= 11 is 12.4. The summed E-state index contributed by atoms with van der Waals surface area (Å²) in [6.45, 7) is 5.10. The Balaban J connectivity index is 2.49. The number of rotatable bonds is 12. The van der Waals surface area contributed by atoms with Gasteiger partial charge in [-0.3, -0.25) is 13.9 Å². The zero-order valence-electron chi connectivity index (χ0n) is 21.1. The third-order valence-electron chi connectivity index (χ3n) is 5.76. The Morgan fingerprint density at radius 3 is 2.33 bits per heavy atom. The smallest absolute Gasteiger partial charge is 0.244 e. The average Bonchev–Trinajstić information content (AvgIpc) is 2.82. The van der Waals surface area contributed by atoms with Gasteiger partial charge < -0.3 is 15.0 Å². The van der Waals surface area contributed by atoms with Crippen molar-refractivity contribution in [1.29, 1.82) is 0 Å². The maximum Gasteiger partial charge on any atom is 0.244 e. The van der Waals surface area contributed by atoms with Crippen LogP contribution in [-0.2, 0) is 26.2 Å². The highest BCUT2D eigenvalue weighted by molar-refractivity contribution is 7.92. The molecule has 2 atom stereocenters. The minimum atomic E-state index is -3.85. The van der Waals surface area contributed by atoms with Crippen LogP contribution in [0.4, 0.5) is 5.69 Å². The molecule has 0 radical (unpaired) electrons. The van der Waals surface area contributed by atoms with Crippen LogP contribution in [0.2, 0.25) is 10.0 Å². The molecule has 36 heavy (non-hydrogen) atoms. The highest BCUT2D eigenvalue weighted by Crippen LogP contribution is 2.26. The number of carbonyl (C=O) groups is 2. The van der Waals surface area contributed by atoms with Crippen LogP contribution in [0, 0.1) is 0 Å². The lowest BCUT2D eigenvalue weighted by atomic mass is 10.1. The van der Waals surface area contributed by atoms with Crippen LogP contribution in [0.1, 0.15) is 39.2 Å². The van der Waals surface area contributed by atoms with E-state index in [1.165, 1.54) is 18.1 Å². The highest BCUT2D eigenvalue weighted by Gasteiger charge is 2.32. The molecule has 1 N–H and O–H groups in total. The molecular weight excluding hydrogens is 525 g/mol. The van der Waals surface area contributed by atoms with Gasteiger partial charge in [-0.25, -0.2) is 8.42 Å². The molecule has 0 spiro atoms. The van der Waals surface area contributed by atoms with Crippen molar-refractivity contribution >= 4 is 50.7 Å². The van der Waals surface area contributed by atoms with E-state index in [0.29, 0.717) is 27.8 Å². The Kier molecular flexibility index (Phi) is 10.9. The molecule has 0 heterocycles. The van der Waals surface area contributed by atoms with E-state index in [-0.39, 0.29) is 24.2 Å². The number of carbonyl (C=O) groups excluding carboxylic acids is 2. The van der Waals surface area contributed by atoms with E-state index in [0.717, 1.165) is 17.0 Å². The Hall–Kier alpha value is -2.49. The van der Waals surface area contributed by atoms with Gasteiger partial charge in [-0.05, 0) is 49.6 Å². The Morgan fingerprint density at radius 2 is 1.78 bits per heavy atom. The number of hydrogen-bond acceptors (Lipinski definition) is 5. The van der Waals surface area contributed by atoms with Crippen molar-refractivity contribution < 1.29 is 22.7 Å². The Bertz CT molecular complexity index is 1180. The van der Waals surface area contributed by atoms with Crippen LogP contribution in [0.3, 0.4) is 0 Å². The van der Waals surface area contributed by atoms with Crippen molar-refractivity contribution in [3.63, 3.8) is 0 Å². The van der Waals surface area contributed by atoms with Crippen LogP contribution in [0.15, 0.2) is 42.5 Å². The van der Waals surface area contributed by atoms with Gasteiger partial charge in [0, 0.05) is 28.7 Å². The highest BCUT2D eigenvalue weighted by atomic mass is 35.5. The van der Waals surface area contributed by atoms with Gasteiger partial charge in [-0.1, -0.05) is 49.2 Å². The summed E-state index contributed by atoms with van der Waals surface area (Å²) in [4.78, 5) is 28.2. The number of benzene rings is 2.